The number of aliphatic carboxylic acids is 1. The summed E-state index contributed by atoms with van der Waals surface area (Å²) in [5, 5.41) is 11.8. The molecule has 0 saturated heterocycles. The Morgan fingerprint density at radius 3 is 2.50 bits per heavy atom. The molecule has 1 aromatic rings. The monoisotopic (exact) mass is 275 g/mol. The van der Waals surface area contributed by atoms with Crippen LogP contribution in [-0.4, -0.2) is 23.0 Å². The summed E-state index contributed by atoms with van der Waals surface area (Å²) < 4.78 is 0. The van der Waals surface area contributed by atoms with E-state index in [1.807, 2.05) is 44.2 Å². The van der Waals surface area contributed by atoms with Crippen molar-refractivity contribution in [3.05, 3.63) is 35.9 Å². The van der Waals surface area contributed by atoms with Crippen molar-refractivity contribution in [2.24, 2.45) is 11.8 Å². The van der Waals surface area contributed by atoms with Crippen molar-refractivity contribution in [2.75, 3.05) is 0 Å². The summed E-state index contributed by atoms with van der Waals surface area (Å²) in [7, 11) is 0. The number of amides is 1. The molecule has 2 unspecified atom stereocenters. The number of carboxylic acid groups (broad SMARTS) is 1. The van der Waals surface area contributed by atoms with E-state index in [0.717, 1.165) is 12.0 Å². The van der Waals surface area contributed by atoms with E-state index in [9.17, 15) is 9.59 Å². The highest BCUT2D eigenvalue weighted by atomic mass is 16.4. The highest BCUT2D eigenvalue weighted by Gasteiger charge is 2.44. The Morgan fingerprint density at radius 1 is 1.30 bits per heavy atom. The van der Waals surface area contributed by atoms with Crippen molar-refractivity contribution in [1.29, 1.82) is 0 Å². The van der Waals surface area contributed by atoms with Crippen LogP contribution in [0.25, 0.3) is 0 Å². The molecule has 1 amide bonds. The third-order valence-electron chi connectivity index (χ3n) is 3.68. The van der Waals surface area contributed by atoms with Gasteiger partial charge in [-0.05, 0) is 30.2 Å². The van der Waals surface area contributed by atoms with Gasteiger partial charge in [0.1, 0.15) is 6.04 Å². The van der Waals surface area contributed by atoms with E-state index < -0.39 is 12.0 Å². The second kappa shape index (κ2) is 6.07. The largest absolute Gasteiger partial charge is 0.480 e. The summed E-state index contributed by atoms with van der Waals surface area (Å²) in [6.07, 6.45) is 1.27. The molecule has 0 bridgehead atoms. The lowest BCUT2D eigenvalue weighted by molar-refractivity contribution is -0.142. The highest BCUT2D eigenvalue weighted by Crippen LogP contribution is 2.47. The Balaban J connectivity index is 1.91. The molecule has 4 heteroatoms. The molecule has 20 heavy (non-hydrogen) atoms. The normalized spacial score (nSPS) is 22.4. The lowest BCUT2D eigenvalue weighted by atomic mass is 10.0. The van der Waals surface area contributed by atoms with Crippen LogP contribution in [0.3, 0.4) is 0 Å². The van der Waals surface area contributed by atoms with Crippen LogP contribution in [0.1, 0.15) is 38.2 Å². The smallest absolute Gasteiger partial charge is 0.326 e. The third-order valence-corrected chi connectivity index (χ3v) is 3.68. The Hall–Kier alpha value is -1.84. The molecule has 4 nitrogen and oxygen atoms in total. The Bertz CT molecular complexity index is 484. The van der Waals surface area contributed by atoms with Crippen LogP contribution in [0, 0.1) is 11.8 Å². The van der Waals surface area contributed by atoms with E-state index in [2.05, 4.69) is 5.32 Å². The van der Waals surface area contributed by atoms with E-state index in [4.69, 9.17) is 5.11 Å². The number of benzene rings is 1. The number of nitrogens with one attached hydrogen (secondary N) is 1. The molecule has 0 heterocycles. The van der Waals surface area contributed by atoms with Crippen LogP contribution in [0.2, 0.25) is 0 Å². The van der Waals surface area contributed by atoms with Gasteiger partial charge in [-0.25, -0.2) is 4.79 Å². The zero-order valence-electron chi connectivity index (χ0n) is 11.9. The fourth-order valence-electron chi connectivity index (χ4n) is 2.53. The molecular weight excluding hydrogens is 254 g/mol. The van der Waals surface area contributed by atoms with Gasteiger partial charge in [-0.2, -0.15) is 0 Å². The highest BCUT2D eigenvalue weighted by molar-refractivity contribution is 5.87. The molecule has 1 saturated carbocycles. The van der Waals surface area contributed by atoms with Crippen LogP contribution in [-0.2, 0) is 9.59 Å². The summed E-state index contributed by atoms with van der Waals surface area (Å²) >= 11 is 0. The van der Waals surface area contributed by atoms with E-state index >= 15 is 0 Å². The number of hydrogen-bond acceptors (Lipinski definition) is 2. The maximum Gasteiger partial charge on any atom is 0.326 e. The van der Waals surface area contributed by atoms with Gasteiger partial charge in [0.05, 0.1) is 0 Å². The van der Waals surface area contributed by atoms with Crippen molar-refractivity contribution in [3.63, 3.8) is 0 Å². The van der Waals surface area contributed by atoms with Crippen LogP contribution in [0.15, 0.2) is 30.3 Å². The predicted molar refractivity (Wildman–Crippen MR) is 76.3 cm³/mol. The molecule has 1 aliphatic carbocycles. The van der Waals surface area contributed by atoms with Gasteiger partial charge in [-0.1, -0.05) is 44.2 Å². The summed E-state index contributed by atoms with van der Waals surface area (Å²) in [4.78, 5) is 23.3. The average molecular weight is 275 g/mol. The van der Waals surface area contributed by atoms with Crippen LogP contribution in [0.4, 0.5) is 0 Å². The number of rotatable bonds is 6. The Morgan fingerprint density at radius 2 is 1.95 bits per heavy atom. The van der Waals surface area contributed by atoms with Crippen LogP contribution >= 0.6 is 0 Å². The summed E-state index contributed by atoms with van der Waals surface area (Å²) in [6.45, 7) is 3.90. The topological polar surface area (TPSA) is 66.4 Å². The standard InChI is InChI=1S/C16H21NO3/c1-10(2)8-14(16(19)20)17-15(18)13-9-12(13)11-6-4-3-5-7-11/h3-7,10,12-14H,8-9H2,1-2H3,(H,17,18)(H,19,20)/t12?,13?,14-/m0/s1. The molecule has 1 aliphatic rings. The molecule has 1 fully saturated rings. The summed E-state index contributed by atoms with van der Waals surface area (Å²) in [5.41, 5.74) is 1.16. The lowest BCUT2D eigenvalue weighted by Crippen LogP contribution is -2.42. The number of carboxylic acids is 1. The first-order valence-electron chi connectivity index (χ1n) is 7.07. The van der Waals surface area contributed by atoms with Gasteiger partial charge in [0.25, 0.3) is 0 Å². The molecule has 0 spiro atoms. The molecule has 2 rings (SSSR count). The van der Waals surface area contributed by atoms with E-state index in [-0.39, 0.29) is 23.7 Å². The molecule has 0 aliphatic heterocycles. The van der Waals surface area contributed by atoms with Gasteiger partial charge in [0, 0.05) is 5.92 Å². The lowest BCUT2D eigenvalue weighted by Gasteiger charge is -2.16. The van der Waals surface area contributed by atoms with E-state index in [1.165, 1.54) is 0 Å². The van der Waals surface area contributed by atoms with Crippen molar-refractivity contribution in [1.82, 2.24) is 5.32 Å². The number of hydrogen-bond donors (Lipinski definition) is 2. The van der Waals surface area contributed by atoms with E-state index in [0.29, 0.717) is 6.42 Å². The first-order chi connectivity index (χ1) is 9.49. The molecule has 2 N–H and O–H groups in total. The van der Waals surface area contributed by atoms with Crippen molar-refractivity contribution < 1.29 is 14.7 Å². The number of carbonyl (C=O) groups is 2. The van der Waals surface area contributed by atoms with Gasteiger partial charge in [-0.3, -0.25) is 4.79 Å². The maximum atomic E-state index is 12.1. The Labute approximate surface area is 119 Å². The fourth-order valence-corrected chi connectivity index (χ4v) is 2.53. The first kappa shape index (κ1) is 14.6. The van der Waals surface area contributed by atoms with Gasteiger partial charge in [0.15, 0.2) is 0 Å². The zero-order valence-corrected chi connectivity index (χ0v) is 11.9. The average Bonchev–Trinajstić information content (AvgIpc) is 3.18. The third kappa shape index (κ3) is 3.59. The zero-order chi connectivity index (χ0) is 14.7. The predicted octanol–water partition coefficient (Wildman–Crippen LogP) is 2.41. The number of carbonyl (C=O) groups excluding carboxylic acids is 1. The second-order valence-corrected chi connectivity index (χ2v) is 5.89. The minimum Gasteiger partial charge on any atom is -0.480 e. The van der Waals surface area contributed by atoms with Crippen molar-refractivity contribution in [2.45, 2.75) is 38.6 Å². The van der Waals surface area contributed by atoms with Crippen molar-refractivity contribution >= 4 is 11.9 Å². The van der Waals surface area contributed by atoms with Gasteiger partial charge < -0.3 is 10.4 Å². The van der Waals surface area contributed by atoms with Gasteiger partial charge >= 0.3 is 5.97 Å². The second-order valence-electron chi connectivity index (χ2n) is 5.89. The first-order valence-corrected chi connectivity index (χ1v) is 7.07. The molecule has 1 aromatic carbocycles. The van der Waals surface area contributed by atoms with Crippen LogP contribution in [0.5, 0.6) is 0 Å². The summed E-state index contributed by atoms with van der Waals surface area (Å²) in [5.74, 6) is -0.688. The van der Waals surface area contributed by atoms with Gasteiger partial charge in [0.2, 0.25) is 5.91 Å². The fraction of sp³-hybridized carbons (Fsp3) is 0.500. The Kier molecular flexibility index (Phi) is 4.42. The molecule has 3 atom stereocenters. The molecule has 108 valence electrons. The maximum absolute atomic E-state index is 12.1. The van der Waals surface area contributed by atoms with Crippen molar-refractivity contribution in [3.8, 4) is 0 Å². The summed E-state index contributed by atoms with van der Waals surface area (Å²) in [6, 6.07) is 9.12. The van der Waals surface area contributed by atoms with Gasteiger partial charge in [-0.15, -0.1) is 0 Å². The minimum absolute atomic E-state index is 0.0774. The SMILES string of the molecule is CC(C)C[C@H](NC(=O)C1CC1c1ccccc1)C(=O)O. The quantitative estimate of drug-likeness (QED) is 0.837. The van der Waals surface area contributed by atoms with Crippen LogP contribution < -0.4 is 5.32 Å². The van der Waals surface area contributed by atoms with E-state index in [1.54, 1.807) is 0 Å². The molecular formula is C16H21NO3. The molecule has 0 radical (unpaired) electrons. The minimum atomic E-state index is -0.955. The molecule has 0 aromatic heterocycles.